The van der Waals surface area contributed by atoms with Crippen LogP contribution in [0.5, 0.6) is 0 Å². The summed E-state index contributed by atoms with van der Waals surface area (Å²) < 4.78 is 11.2. The Morgan fingerprint density at radius 1 is 1.36 bits per heavy atom. The number of hydrogen-bond acceptors (Lipinski definition) is 7. The van der Waals surface area contributed by atoms with Crippen LogP contribution >= 0.6 is 0 Å². The molecular weight excluding hydrogens is 318 g/mol. The van der Waals surface area contributed by atoms with Crippen molar-refractivity contribution in [3.63, 3.8) is 0 Å². The van der Waals surface area contributed by atoms with Crippen molar-refractivity contribution in [2.24, 2.45) is 0 Å². The summed E-state index contributed by atoms with van der Waals surface area (Å²) in [6.45, 7) is 7.03. The number of nitrogens with zero attached hydrogens (tertiary/aromatic N) is 5. The summed E-state index contributed by atoms with van der Waals surface area (Å²) >= 11 is 0. The van der Waals surface area contributed by atoms with Gasteiger partial charge in [-0.2, -0.15) is 4.98 Å². The third-order valence-electron chi connectivity index (χ3n) is 5.46. The van der Waals surface area contributed by atoms with Gasteiger partial charge in [0.25, 0.3) is 0 Å². The van der Waals surface area contributed by atoms with Crippen molar-refractivity contribution in [1.29, 1.82) is 0 Å². The summed E-state index contributed by atoms with van der Waals surface area (Å²) in [5, 5.41) is 4.15. The number of likely N-dealkylation sites (N-methyl/N-ethyl adjacent to an activating group) is 1. The Hall–Kier alpha value is -1.73. The van der Waals surface area contributed by atoms with Crippen LogP contribution in [-0.2, 0) is 13.0 Å². The van der Waals surface area contributed by atoms with Gasteiger partial charge in [0.05, 0.1) is 18.8 Å². The van der Waals surface area contributed by atoms with E-state index in [-0.39, 0.29) is 6.04 Å². The van der Waals surface area contributed by atoms with Crippen molar-refractivity contribution >= 4 is 0 Å². The molecule has 2 atom stereocenters. The molecule has 1 aliphatic carbocycles. The minimum absolute atomic E-state index is 0.173. The summed E-state index contributed by atoms with van der Waals surface area (Å²) in [7, 11) is 2.15. The molecule has 0 bridgehead atoms. The zero-order valence-corrected chi connectivity index (χ0v) is 15.3. The molecule has 0 spiro atoms. The van der Waals surface area contributed by atoms with Crippen LogP contribution in [0.1, 0.15) is 68.4 Å². The van der Waals surface area contributed by atoms with Gasteiger partial charge in [0.2, 0.25) is 11.8 Å². The Morgan fingerprint density at radius 2 is 2.20 bits per heavy atom. The van der Waals surface area contributed by atoms with Crippen LogP contribution in [0.2, 0.25) is 0 Å². The molecule has 2 fully saturated rings. The maximum atomic E-state index is 5.74. The molecule has 2 aliphatic rings. The van der Waals surface area contributed by atoms with E-state index < -0.39 is 0 Å². The first kappa shape index (κ1) is 16.7. The SMILES string of the molecule is CCc1cnc(CN(C)[C@@H]2CCN([C@@H](C)c3nc(C4CC4)no3)C2)o1. The van der Waals surface area contributed by atoms with E-state index in [1.54, 1.807) is 0 Å². The molecule has 2 aromatic heterocycles. The van der Waals surface area contributed by atoms with E-state index in [1.807, 2.05) is 6.20 Å². The Kier molecular flexibility index (Phi) is 4.60. The van der Waals surface area contributed by atoms with Crippen molar-refractivity contribution in [2.45, 2.75) is 64.1 Å². The number of aryl methyl sites for hydroxylation is 1. The molecule has 4 rings (SSSR count). The average Bonchev–Trinajstić information content (AvgIpc) is 3.07. The molecule has 25 heavy (non-hydrogen) atoms. The zero-order valence-electron chi connectivity index (χ0n) is 15.3. The first-order valence-corrected chi connectivity index (χ1v) is 9.35. The highest BCUT2D eigenvalue weighted by Crippen LogP contribution is 2.38. The fourth-order valence-corrected chi connectivity index (χ4v) is 3.49. The van der Waals surface area contributed by atoms with Crippen molar-refractivity contribution in [3.05, 3.63) is 29.6 Å². The summed E-state index contributed by atoms with van der Waals surface area (Å²) in [4.78, 5) is 13.7. The topological polar surface area (TPSA) is 71.4 Å². The Balaban J connectivity index is 1.33. The van der Waals surface area contributed by atoms with E-state index in [0.29, 0.717) is 12.0 Å². The number of oxazole rings is 1. The molecule has 0 radical (unpaired) electrons. The van der Waals surface area contributed by atoms with Crippen molar-refractivity contribution < 1.29 is 8.94 Å². The zero-order chi connectivity index (χ0) is 17.4. The lowest BCUT2D eigenvalue weighted by molar-refractivity contribution is 0.172. The van der Waals surface area contributed by atoms with Crippen LogP contribution in [0.25, 0.3) is 0 Å². The molecule has 2 aromatic rings. The molecule has 0 unspecified atom stereocenters. The van der Waals surface area contributed by atoms with Gasteiger partial charge in [-0.1, -0.05) is 12.1 Å². The van der Waals surface area contributed by atoms with Crippen LogP contribution in [0.3, 0.4) is 0 Å². The fraction of sp³-hybridized carbons (Fsp3) is 0.722. The number of hydrogen-bond donors (Lipinski definition) is 0. The molecule has 0 N–H and O–H groups in total. The van der Waals surface area contributed by atoms with Gasteiger partial charge >= 0.3 is 0 Å². The van der Waals surface area contributed by atoms with Gasteiger partial charge in [0, 0.05) is 31.5 Å². The van der Waals surface area contributed by atoms with Crippen LogP contribution in [0.4, 0.5) is 0 Å². The van der Waals surface area contributed by atoms with E-state index in [9.17, 15) is 0 Å². The summed E-state index contributed by atoms with van der Waals surface area (Å²) in [5.74, 6) is 3.94. The van der Waals surface area contributed by atoms with Crippen LogP contribution < -0.4 is 0 Å². The normalized spacial score (nSPS) is 22.8. The predicted molar refractivity (Wildman–Crippen MR) is 92.0 cm³/mol. The average molecular weight is 345 g/mol. The van der Waals surface area contributed by atoms with Crippen LogP contribution in [0.15, 0.2) is 15.1 Å². The van der Waals surface area contributed by atoms with Gasteiger partial charge in [-0.05, 0) is 33.2 Å². The molecule has 1 saturated carbocycles. The lowest BCUT2D eigenvalue weighted by Crippen LogP contribution is -2.35. The lowest BCUT2D eigenvalue weighted by Gasteiger charge is -2.25. The summed E-state index contributed by atoms with van der Waals surface area (Å²) in [6.07, 6.45) is 6.25. The minimum atomic E-state index is 0.173. The second-order valence-corrected chi connectivity index (χ2v) is 7.37. The van der Waals surface area contributed by atoms with Gasteiger partial charge in [-0.3, -0.25) is 9.80 Å². The number of rotatable bonds is 7. The number of likely N-dealkylation sites (tertiary alicyclic amines) is 1. The standard InChI is InChI=1S/C18H27N5O2/c1-4-15-9-19-16(24-15)11-22(3)14-7-8-23(10-14)12(2)18-20-17(21-25-18)13-5-6-13/h9,12-14H,4-8,10-11H2,1-3H3/t12-,14+/m0/s1. The van der Waals surface area contributed by atoms with Gasteiger partial charge in [0.1, 0.15) is 5.76 Å². The molecular formula is C18H27N5O2. The maximum absolute atomic E-state index is 5.74. The second-order valence-electron chi connectivity index (χ2n) is 7.37. The molecule has 1 aliphatic heterocycles. The molecule has 0 aromatic carbocycles. The molecule has 0 amide bonds. The van der Waals surface area contributed by atoms with E-state index in [0.717, 1.165) is 55.8 Å². The molecule has 7 nitrogen and oxygen atoms in total. The fourth-order valence-electron chi connectivity index (χ4n) is 3.49. The summed E-state index contributed by atoms with van der Waals surface area (Å²) in [6, 6.07) is 0.664. The van der Waals surface area contributed by atoms with E-state index in [2.05, 4.69) is 45.8 Å². The highest BCUT2D eigenvalue weighted by Gasteiger charge is 2.34. The quantitative estimate of drug-likeness (QED) is 0.764. The van der Waals surface area contributed by atoms with Gasteiger partial charge in [-0.25, -0.2) is 4.98 Å². The molecule has 7 heteroatoms. The van der Waals surface area contributed by atoms with Crippen LogP contribution in [0, 0.1) is 0 Å². The minimum Gasteiger partial charge on any atom is -0.444 e. The van der Waals surface area contributed by atoms with E-state index in [4.69, 9.17) is 8.94 Å². The Morgan fingerprint density at radius 3 is 2.92 bits per heavy atom. The monoisotopic (exact) mass is 345 g/mol. The highest BCUT2D eigenvalue weighted by molar-refractivity contribution is 5.05. The first-order chi connectivity index (χ1) is 12.1. The van der Waals surface area contributed by atoms with Crippen molar-refractivity contribution in [3.8, 4) is 0 Å². The van der Waals surface area contributed by atoms with Gasteiger partial charge in [0.15, 0.2) is 5.82 Å². The second kappa shape index (κ2) is 6.88. The third-order valence-corrected chi connectivity index (χ3v) is 5.46. The largest absolute Gasteiger partial charge is 0.444 e. The molecule has 1 saturated heterocycles. The smallest absolute Gasteiger partial charge is 0.243 e. The lowest BCUT2D eigenvalue weighted by atomic mass is 10.2. The van der Waals surface area contributed by atoms with Gasteiger partial charge < -0.3 is 8.94 Å². The Bertz CT molecular complexity index is 708. The van der Waals surface area contributed by atoms with Crippen molar-refractivity contribution in [1.82, 2.24) is 24.9 Å². The van der Waals surface area contributed by atoms with Crippen molar-refractivity contribution in [2.75, 3.05) is 20.1 Å². The summed E-state index contributed by atoms with van der Waals surface area (Å²) in [5.41, 5.74) is 0. The predicted octanol–water partition coefficient (Wildman–Crippen LogP) is 2.76. The van der Waals surface area contributed by atoms with Crippen LogP contribution in [-0.4, -0.2) is 51.1 Å². The first-order valence-electron chi connectivity index (χ1n) is 9.35. The van der Waals surface area contributed by atoms with E-state index >= 15 is 0 Å². The van der Waals surface area contributed by atoms with E-state index in [1.165, 1.54) is 12.8 Å². The molecule has 3 heterocycles. The number of aromatic nitrogens is 3. The maximum Gasteiger partial charge on any atom is 0.243 e. The Labute approximate surface area is 148 Å². The van der Waals surface area contributed by atoms with Gasteiger partial charge in [-0.15, -0.1) is 0 Å². The highest BCUT2D eigenvalue weighted by atomic mass is 16.5. The molecule has 136 valence electrons. The third kappa shape index (κ3) is 3.62.